The van der Waals surface area contributed by atoms with E-state index in [1.165, 1.54) is 17.2 Å². The fourth-order valence-electron chi connectivity index (χ4n) is 4.66. The summed E-state index contributed by atoms with van der Waals surface area (Å²) in [6, 6.07) is -0.761. The second kappa shape index (κ2) is 13.3. The Balaban J connectivity index is 1.85. The van der Waals surface area contributed by atoms with Crippen molar-refractivity contribution in [1.29, 1.82) is 0 Å². The lowest BCUT2D eigenvalue weighted by Gasteiger charge is -2.29. The molecule has 2 N–H and O–H groups in total. The maximum Gasteiger partial charge on any atom is 0.329 e. The molecule has 1 fully saturated rings. The highest BCUT2D eigenvalue weighted by Gasteiger charge is 2.38. The lowest BCUT2D eigenvalue weighted by Crippen LogP contribution is -2.44. The number of aliphatic hydroxyl groups is 1. The van der Waals surface area contributed by atoms with Gasteiger partial charge in [0.05, 0.1) is 12.5 Å². The summed E-state index contributed by atoms with van der Waals surface area (Å²) in [5.74, 6) is -1.76. The zero-order valence-corrected chi connectivity index (χ0v) is 22.4. The fraction of sp³-hybridized carbons (Fsp3) is 0.536. The van der Waals surface area contributed by atoms with Crippen LogP contribution in [0.3, 0.4) is 0 Å². The van der Waals surface area contributed by atoms with E-state index in [9.17, 15) is 24.3 Å². The number of Topliss-reactive ketones (excluding diaryl/α,β-unsaturated/α-hetero) is 1. The number of ketones is 1. The predicted molar refractivity (Wildman–Crippen MR) is 139 cm³/mol. The quantitative estimate of drug-likeness (QED) is 0.531. The van der Waals surface area contributed by atoms with E-state index in [-0.39, 0.29) is 54.5 Å². The molecule has 1 aromatic rings. The minimum Gasteiger partial charge on any atom is -0.460 e. The third-order valence-corrected chi connectivity index (χ3v) is 6.55. The van der Waals surface area contributed by atoms with Crippen molar-refractivity contribution in [2.45, 2.75) is 71.6 Å². The molecular formula is C28H37N3O7. The highest BCUT2D eigenvalue weighted by molar-refractivity contribution is 5.95. The van der Waals surface area contributed by atoms with Crippen molar-refractivity contribution < 1.29 is 33.4 Å². The average Bonchev–Trinajstić information content (AvgIpc) is 3.52. The Morgan fingerprint density at radius 2 is 1.95 bits per heavy atom. The molecule has 0 aromatic carbocycles. The molecule has 1 saturated heterocycles. The number of aliphatic hydroxyl groups excluding tert-OH is 1. The first kappa shape index (κ1) is 29.0. The van der Waals surface area contributed by atoms with Gasteiger partial charge in [0, 0.05) is 25.4 Å². The number of ether oxygens (including phenoxy) is 1. The number of fused-ring (bicyclic) bond motifs is 3. The Bertz CT molecular complexity index is 1120. The molecule has 0 spiro atoms. The molecule has 1 aromatic heterocycles. The van der Waals surface area contributed by atoms with Crippen molar-refractivity contribution in [3.05, 3.63) is 53.8 Å². The standard InChI is InChI=1S/C28H37N3O7/c1-17(2)26-19(4)9-10-24(34)29-11-5-7-18(3)13-20(32)14-21(33)15-25-30-22(16-37-25)27(35)31-12-6-8-23(31)28(36)38-26/h5,7,9-10,13,16-17,19-20,23,26,32H,6,8,11-12,14-15H2,1-4H3,(H,29,34)/b7-5?,10-9-,18-13?/t19-,20-,23?,26-/m1/s1. The average molecular weight is 528 g/mol. The van der Waals surface area contributed by atoms with Crippen molar-refractivity contribution in [3.8, 4) is 0 Å². The van der Waals surface area contributed by atoms with Crippen molar-refractivity contribution in [2.75, 3.05) is 13.1 Å². The summed E-state index contributed by atoms with van der Waals surface area (Å²) in [7, 11) is 0. The Labute approximate surface area is 222 Å². The van der Waals surface area contributed by atoms with Crippen LogP contribution in [0.15, 0.2) is 46.6 Å². The third-order valence-electron chi connectivity index (χ3n) is 6.55. The number of allylic oxidation sites excluding steroid dienone is 2. The molecule has 0 radical (unpaired) electrons. The second-order valence-electron chi connectivity index (χ2n) is 10.2. The van der Waals surface area contributed by atoms with E-state index in [1.807, 2.05) is 20.8 Å². The molecule has 0 saturated carbocycles. The lowest BCUT2D eigenvalue weighted by molar-refractivity contribution is -0.158. The van der Waals surface area contributed by atoms with E-state index >= 15 is 0 Å². The van der Waals surface area contributed by atoms with Crippen molar-refractivity contribution in [2.24, 2.45) is 11.8 Å². The minimum absolute atomic E-state index is 0.00930. The monoisotopic (exact) mass is 527 g/mol. The first-order chi connectivity index (χ1) is 18.0. The lowest BCUT2D eigenvalue weighted by atomic mass is 9.94. The number of rotatable bonds is 1. The van der Waals surface area contributed by atoms with Crippen LogP contribution in [0.1, 0.15) is 63.3 Å². The van der Waals surface area contributed by atoms with Gasteiger partial charge in [-0.3, -0.25) is 14.4 Å². The van der Waals surface area contributed by atoms with Gasteiger partial charge in [-0.05, 0) is 31.8 Å². The molecule has 10 heteroatoms. The van der Waals surface area contributed by atoms with E-state index in [1.54, 1.807) is 31.2 Å². The van der Waals surface area contributed by atoms with Gasteiger partial charge in [-0.15, -0.1) is 0 Å². The molecule has 38 heavy (non-hydrogen) atoms. The molecule has 3 rings (SSSR count). The number of hydrogen-bond donors (Lipinski definition) is 2. The van der Waals surface area contributed by atoms with E-state index in [0.717, 1.165) is 5.57 Å². The van der Waals surface area contributed by atoms with Gasteiger partial charge in [0.1, 0.15) is 24.2 Å². The Kier molecular flexibility index (Phi) is 10.2. The molecule has 2 aliphatic heterocycles. The van der Waals surface area contributed by atoms with Gasteiger partial charge in [0.2, 0.25) is 11.8 Å². The largest absolute Gasteiger partial charge is 0.460 e. The molecule has 3 heterocycles. The van der Waals surface area contributed by atoms with Gasteiger partial charge < -0.3 is 24.5 Å². The number of cyclic esters (lactones) is 1. The summed E-state index contributed by atoms with van der Waals surface area (Å²) >= 11 is 0. The zero-order chi connectivity index (χ0) is 27.8. The van der Waals surface area contributed by atoms with Crippen LogP contribution in [-0.2, 0) is 25.5 Å². The predicted octanol–water partition coefficient (Wildman–Crippen LogP) is 2.53. The highest BCUT2D eigenvalue weighted by atomic mass is 16.5. The van der Waals surface area contributed by atoms with Crippen LogP contribution in [-0.4, -0.2) is 69.9 Å². The Hall–Kier alpha value is -3.53. The first-order valence-corrected chi connectivity index (χ1v) is 13.0. The number of oxazole rings is 1. The van der Waals surface area contributed by atoms with E-state index in [4.69, 9.17) is 9.15 Å². The molecule has 2 amide bonds. The van der Waals surface area contributed by atoms with Gasteiger partial charge in [-0.2, -0.15) is 0 Å². The van der Waals surface area contributed by atoms with Gasteiger partial charge in [-0.1, -0.05) is 50.6 Å². The smallest absolute Gasteiger partial charge is 0.329 e. The van der Waals surface area contributed by atoms with Crippen LogP contribution in [0.5, 0.6) is 0 Å². The molecule has 2 bridgehead atoms. The summed E-state index contributed by atoms with van der Waals surface area (Å²) in [5, 5.41) is 13.0. The maximum absolute atomic E-state index is 13.2. The normalized spacial score (nSPS) is 27.5. The SMILES string of the molecule is CC1=C[C@@H](O)CC(=O)Cc2nc(co2)C(=O)N2CCCC2C(=O)O[C@H](C(C)C)[C@H](C)/C=C\C(=O)NCC=C1. The number of esters is 1. The maximum atomic E-state index is 13.2. The first-order valence-electron chi connectivity index (χ1n) is 13.0. The fourth-order valence-corrected chi connectivity index (χ4v) is 4.66. The summed E-state index contributed by atoms with van der Waals surface area (Å²) in [6.45, 7) is 8.16. The van der Waals surface area contributed by atoms with Crippen LogP contribution in [0, 0.1) is 11.8 Å². The molecule has 206 valence electrons. The van der Waals surface area contributed by atoms with Crippen molar-refractivity contribution in [3.63, 3.8) is 0 Å². The van der Waals surface area contributed by atoms with Gasteiger partial charge in [0.25, 0.3) is 5.91 Å². The third kappa shape index (κ3) is 7.98. The number of amides is 2. The van der Waals surface area contributed by atoms with Crippen LogP contribution < -0.4 is 5.32 Å². The minimum atomic E-state index is -1.01. The van der Waals surface area contributed by atoms with Crippen LogP contribution in [0.25, 0.3) is 0 Å². The molecule has 2 aliphatic rings. The highest BCUT2D eigenvalue weighted by Crippen LogP contribution is 2.25. The molecule has 0 aliphatic carbocycles. The summed E-state index contributed by atoms with van der Waals surface area (Å²) < 4.78 is 11.2. The molecule has 10 nitrogen and oxygen atoms in total. The number of nitrogens with zero attached hydrogens (tertiary/aromatic N) is 2. The van der Waals surface area contributed by atoms with Gasteiger partial charge >= 0.3 is 5.97 Å². The zero-order valence-electron chi connectivity index (χ0n) is 22.4. The number of nitrogens with one attached hydrogen (secondary N) is 1. The van der Waals surface area contributed by atoms with E-state index < -0.39 is 30.1 Å². The second-order valence-corrected chi connectivity index (χ2v) is 10.2. The van der Waals surface area contributed by atoms with Crippen LogP contribution >= 0.6 is 0 Å². The summed E-state index contributed by atoms with van der Waals surface area (Å²) in [4.78, 5) is 56.6. The molecular weight excluding hydrogens is 490 g/mol. The van der Waals surface area contributed by atoms with Crippen LogP contribution in [0.2, 0.25) is 0 Å². The number of hydrogen-bond acceptors (Lipinski definition) is 8. The van der Waals surface area contributed by atoms with Crippen molar-refractivity contribution in [1.82, 2.24) is 15.2 Å². The van der Waals surface area contributed by atoms with E-state index in [0.29, 0.717) is 19.4 Å². The van der Waals surface area contributed by atoms with Gasteiger partial charge in [-0.25, -0.2) is 9.78 Å². The van der Waals surface area contributed by atoms with Crippen molar-refractivity contribution >= 4 is 23.6 Å². The topological polar surface area (TPSA) is 139 Å². The summed E-state index contributed by atoms with van der Waals surface area (Å²) in [5.41, 5.74) is 0.739. The molecule has 1 unspecified atom stereocenters. The van der Waals surface area contributed by atoms with Crippen LogP contribution in [0.4, 0.5) is 0 Å². The van der Waals surface area contributed by atoms with E-state index in [2.05, 4.69) is 10.3 Å². The number of carbonyl (C=O) groups is 4. The molecule has 4 atom stereocenters. The number of aromatic nitrogens is 1. The Morgan fingerprint density at radius 3 is 2.68 bits per heavy atom. The summed E-state index contributed by atoms with van der Waals surface area (Å²) in [6.07, 6.45) is 8.62. The Morgan fingerprint density at radius 1 is 1.18 bits per heavy atom. The van der Waals surface area contributed by atoms with Gasteiger partial charge in [0.15, 0.2) is 5.69 Å². The number of carbonyl (C=O) groups excluding carboxylic acids is 4.